The van der Waals surface area contributed by atoms with Crippen LogP contribution >= 0.6 is 0 Å². The molecule has 0 aliphatic heterocycles. The zero-order valence-corrected chi connectivity index (χ0v) is 11.8. The van der Waals surface area contributed by atoms with Crippen molar-refractivity contribution in [2.24, 2.45) is 11.8 Å². The number of aromatic nitrogens is 1. The third-order valence-corrected chi connectivity index (χ3v) is 4.00. The predicted octanol–water partition coefficient (Wildman–Crippen LogP) is 3.20. The highest BCUT2D eigenvalue weighted by atomic mass is 16.6. The molecule has 20 heavy (non-hydrogen) atoms. The monoisotopic (exact) mass is 278 g/mol. The van der Waals surface area contributed by atoms with Crippen LogP contribution in [-0.2, 0) is 0 Å². The van der Waals surface area contributed by atoms with Crippen molar-refractivity contribution >= 4 is 17.3 Å². The molecule has 1 fully saturated rings. The molecule has 6 nitrogen and oxygen atoms in total. The topological polar surface area (TPSA) is 94.1 Å². The molecule has 2 rings (SSSR count). The Labute approximate surface area is 118 Å². The van der Waals surface area contributed by atoms with Gasteiger partial charge in [-0.15, -0.1) is 0 Å². The molecule has 1 aliphatic carbocycles. The van der Waals surface area contributed by atoms with Crippen LogP contribution in [0.1, 0.15) is 39.0 Å². The Hall–Kier alpha value is -1.85. The van der Waals surface area contributed by atoms with Crippen LogP contribution in [0, 0.1) is 22.0 Å². The van der Waals surface area contributed by atoms with Gasteiger partial charge in [0, 0.05) is 12.6 Å². The van der Waals surface area contributed by atoms with E-state index in [1.54, 1.807) is 6.07 Å². The number of nitro groups is 1. The van der Waals surface area contributed by atoms with E-state index in [-0.39, 0.29) is 11.5 Å². The summed E-state index contributed by atoms with van der Waals surface area (Å²) in [4.78, 5) is 14.1. The van der Waals surface area contributed by atoms with Gasteiger partial charge in [0.2, 0.25) is 5.82 Å². The second-order valence-corrected chi connectivity index (χ2v) is 5.71. The molecule has 1 aliphatic rings. The number of hydrogen-bond donors (Lipinski definition) is 2. The van der Waals surface area contributed by atoms with Crippen LogP contribution in [0.3, 0.4) is 0 Å². The molecule has 0 radical (unpaired) electrons. The molecule has 0 aromatic carbocycles. The molecular formula is C14H22N4O2. The normalized spacial score (nSPS) is 22.4. The summed E-state index contributed by atoms with van der Waals surface area (Å²) in [5.74, 6) is 2.19. The number of nitrogens with two attached hydrogens (primary N) is 1. The largest absolute Gasteiger partial charge is 0.378 e. The minimum atomic E-state index is -0.518. The molecule has 1 saturated carbocycles. The lowest BCUT2D eigenvalue weighted by molar-refractivity contribution is -0.384. The average molecular weight is 278 g/mol. The van der Waals surface area contributed by atoms with E-state index in [4.69, 9.17) is 5.73 Å². The molecule has 3 N–H and O–H groups in total. The number of pyridine rings is 1. The highest BCUT2D eigenvalue weighted by Crippen LogP contribution is 2.30. The molecule has 0 spiro atoms. The number of rotatable bonds is 5. The zero-order valence-electron chi connectivity index (χ0n) is 11.8. The first kappa shape index (κ1) is 14.6. The van der Waals surface area contributed by atoms with Gasteiger partial charge < -0.3 is 11.1 Å². The molecule has 1 aromatic rings. The minimum absolute atomic E-state index is 0.0358. The van der Waals surface area contributed by atoms with E-state index in [9.17, 15) is 10.1 Å². The van der Waals surface area contributed by atoms with Gasteiger partial charge in [0.15, 0.2) is 0 Å². The van der Waals surface area contributed by atoms with Gasteiger partial charge in [0.25, 0.3) is 0 Å². The van der Waals surface area contributed by atoms with E-state index in [2.05, 4.69) is 17.2 Å². The van der Waals surface area contributed by atoms with E-state index in [1.807, 2.05) is 0 Å². The maximum Gasteiger partial charge on any atom is 0.311 e. The quantitative estimate of drug-likeness (QED) is 0.637. The van der Waals surface area contributed by atoms with E-state index in [1.165, 1.54) is 31.7 Å². The van der Waals surface area contributed by atoms with Crippen molar-refractivity contribution in [1.29, 1.82) is 0 Å². The van der Waals surface area contributed by atoms with Crippen molar-refractivity contribution < 1.29 is 4.92 Å². The lowest BCUT2D eigenvalue weighted by Crippen LogP contribution is -2.17. The summed E-state index contributed by atoms with van der Waals surface area (Å²) in [5.41, 5.74) is 5.42. The van der Waals surface area contributed by atoms with Crippen LogP contribution in [0.2, 0.25) is 0 Å². The molecule has 1 aromatic heterocycles. The van der Waals surface area contributed by atoms with E-state index < -0.39 is 4.92 Å². The van der Waals surface area contributed by atoms with Crippen molar-refractivity contribution in [1.82, 2.24) is 4.98 Å². The van der Waals surface area contributed by atoms with Crippen molar-refractivity contribution in [3.05, 3.63) is 22.2 Å². The maximum atomic E-state index is 10.6. The fourth-order valence-corrected chi connectivity index (χ4v) is 2.95. The summed E-state index contributed by atoms with van der Waals surface area (Å²) in [5, 5.41) is 13.8. The second-order valence-electron chi connectivity index (χ2n) is 5.71. The summed E-state index contributed by atoms with van der Waals surface area (Å²) < 4.78 is 0. The summed E-state index contributed by atoms with van der Waals surface area (Å²) in [6, 6.07) is 3.01. The highest BCUT2D eigenvalue weighted by molar-refractivity contribution is 5.57. The molecule has 0 bridgehead atoms. The fraction of sp³-hybridized carbons (Fsp3) is 0.643. The van der Waals surface area contributed by atoms with Crippen molar-refractivity contribution in [2.75, 3.05) is 17.6 Å². The Bertz CT molecular complexity index is 478. The third kappa shape index (κ3) is 3.82. The molecule has 110 valence electrons. The van der Waals surface area contributed by atoms with E-state index in [0.29, 0.717) is 5.82 Å². The number of anilines is 2. The van der Waals surface area contributed by atoms with Crippen LogP contribution in [0.15, 0.2) is 12.1 Å². The van der Waals surface area contributed by atoms with Gasteiger partial charge in [-0.2, -0.15) is 0 Å². The Morgan fingerprint density at radius 1 is 1.50 bits per heavy atom. The summed E-state index contributed by atoms with van der Waals surface area (Å²) >= 11 is 0. The van der Waals surface area contributed by atoms with Crippen LogP contribution in [-0.4, -0.2) is 16.5 Å². The molecular weight excluding hydrogens is 256 g/mol. The Balaban J connectivity index is 1.82. The molecule has 6 heteroatoms. The summed E-state index contributed by atoms with van der Waals surface area (Å²) in [6.07, 6.45) is 6.40. The molecule has 2 unspecified atom stereocenters. The molecule has 1 heterocycles. The number of nitrogen functional groups attached to an aromatic ring is 1. The number of nitrogens with zero attached hydrogens (tertiary/aromatic N) is 2. The standard InChI is InChI=1S/C14H22N4O2/c1-10-3-2-4-11(9-10)7-8-16-13-6-5-12(18(19)20)14(15)17-13/h5-6,10-11H,2-4,7-9H2,1H3,(H3,15,16,17). The van der Waals surface area contributed by atoms with Gasteiger partial charge in [0.1, 0.15) is 5.82 Å². The van der Waals surface area contributed by atoms with E-state index in [0.717, 1.165) is 24.8 Å². The van der Waals surface area contributed by atoms with Crippen LogP contribution in [0.5, 0.6) is 0 Å². The van der Waals surface area contributed by atoms with Gasteiger partial charge in [0.05, 0.1) is 4.92 Å². The van der Waals surface area contributed by atoms with Gasteiger partial charge in [-0.05, 0) is 30.7 Å². The molecule has 0 saturated heterocycles. The van der Waals surface area contributed by atoms with Crippen molar-refractivity contribution in [3.63, 3.8) is 0 Å². The van der Waals surface area contributed by atoms with Gasteiger partial charge in [-0.3, -0.25) is 10.1 Å². The van der Waals surface area contributed by atoms with Crippen LogP contribution in [0.4, 0.5) is 17.3 Å². The second kappa shape index (κ2) is 6.54. The lowest BCUT2D eigenvalue weighted by Gasteiger charge is -2.26. The third-order valence-electron chi connectivity index (χ3n) is 4.00. The SMILES string of the molecule is CC1CCCC(CCNc2ccc([N+](=O)[O-])c(N)n2)C1. The van der Waals surface area contributed by atoms with E-state index >= 15 is 0 Å². The first-order valence-corrected chi connectivity index (χ1v) is 7.21. The maximum absolute atomic E-state index is 10.6. The molecule has 0 amide bonds. The lowest BCUT2D eigenvalue weighted by atomic mass is 9.81. The summed E-state index contributed by atoms with van der Waals surface area (Å²) in [7, 11) is 0. The van der Waals surface area contributed by atoms with Crippen molar-refractivity contribution in [3.8, 4) is 0 Å². The number of hydrogen-bond acceptors (Lipinski definition) is 5. The van der Waals surface area contributed by atoms with Gasteiger partial charge in [-0.25, -0.2) is 4.98 Å². The average Bonchev–Trinajstić information content (AvgIpc) is 2.38. The van der Waals surface area contributed by atoms with Crippen LogP contribution < -0.4 is 11.1 Å². The Morgan fingerprint density at radius 3 is 2.95 bits per heavy atom. The molecule has 2 atom stereocenters. The fourth-order valence-electron chi connectivity index (χ4n) is 2.95. The van der Waals surface area contributed by atoms with Crippen molar-refractivity contribution in [2.45, 2.75) is 39.0 Å². The zero-order chi connectivity index (χ0) is 14.5. The number of nitrogens with one attached hydrogen (secondary N) is 1. The first-order valence-electron chi connectivity index (χ1n) is 7.21. The minimum Gasteiger partial charge on any atom is -0.378 e. The Morgan fingerprint density at radius 2 is 2.30 bits per heavy atom. The van der Waals surface area contributed by atoms with Gasteiger partial charge >= 0.3 is 5.69 Å². The summed E-state index contributed by atoms with van der Waals surface area (Å²) in [6.45, 7) is 3.15. The predicted molar refractivity (Wildman–Crippen MR) is 79.5 cm³/mol. The van der Waals surface area contributed by atoms with Crippen LogP contribution in [0.25, 0.3) is 0 Å². The highest BCUT2D eigenvalue weighted by Gasteiger charge is 2.18. The smallest absolute Gasteiger partial charge is 0.311 e. The van der Waals surface area contributed by atoms with Gasteiger partial charge in [-0.1, -0.05) is 26.2 Å². The first-order chi connectivity index (χ1) is 9.56. The Kier molecular flexibility index (Phi) is 4.76.